The van der Waals surface area contributed by atoms with Crippen LogP contribution in [0.15, 0.2) is 0 Å². The van der Waals surface area contributed by atoms with Crippen LogP contribution in [0.3, 0.4) is 0 Å². The number of hydrogen-bond acceptors (Lipinski definition) is 5. The second-order valence-corrected chi connectivity index (χ2v) is 6.60. The van der Waals surface area contributed by atoms with Crippen molar-refractivity contribution in [2.45, 2.75) is 50.3 Å². The summed E-state index contributed by atoms with van der Waals surface area (Å²) in [5.74, 6) is -0.189. The van der Waals surface area contributed by atoms with E-state index in [0.29, 0.717) is 37.4 Å². The Morgan fingerprint density at radius 2 is 2.04 bits per heavy atom. The Bertz CT molecular complexity index is 529. The summed E-state index contributed by atoms with van der Waals surface area (Å²) in [5, 5.41) is 21.3. The molecule has 3 fully saturated rings. The summed E-state index contributed by atoms with van der Waals surface area (Å²) in [5.41, 5.74) is 2.43. The molecule has 0 spiro atoms. The van der Waals surface area contributed by atoms with E-state index in [0.717, 1.165) is 12.8 Å². The van der Waals surface area contributed by atoms with Crippen LogP contribution in [0.5, 0.6) is 0 Å². The fraction of sp³-hybridized carbons (Fsp3) is 0.786. The molecule has 0 radical (unpaired) electrons. The first-order valence-electron chi connectivity index (χ1n) is 8.16. The van der Waals surface area contributed by atoms with Gasteiger partial charge in [0, 0.05) is 13.1 Å². The van der Waals surface area contributed by atoms with Crippen LogP contribution < -0.4 is 10.8 Å². The van der Waals surface area contributed by atoms with Crippen LogP contribution in [0.4, 0.5) is 9.59 Å². The molecule has 0 aromatic heterocycles. The zero-order chi connectivity index (χ0) is 17.3. The van der Waals surface area contributed by atoms with Crippen molar-refractivity contribution in [2.24, 2.45) is 5.92 Å². The van der Waals surface area contributed by atoms with E-state index in [-0.39, 0.29) is 24.0 Å². The van der Waals surface area contributed by atoms with Crippen molar-refractivity contribution in [1.82, 2.24) is 20.8 Å². The Kier molecular flexibility index (Phi) is 4.76. The normalized spacial score (nSPS) is 32.1. The molecule has 2 saturated heterocycles. The van der Waals surface area contributed by atoms with Gasteiger partial charge < -0.3 is 15.3 Å². The van der Waals surface area contributed by atoms with Crippen LogP contribution in [0.2, 0.25) is 0 Å². The number of hydrogen-bond donors (Lipinski definition) is 4. The number of rotatable bonds is 5. The number of carbonyl (C=O) groups excluding carboxylic acids is 2. The van der Waals surface area contributed by atoms with Gasteiger partial charge in [-0.3, -0.25) is 14.8 Å². The maximum absolute atomic E-state index is 12.3. The van der Waals surface area contributed by atoms with E-state index in [9.17, 15) is 19.6 Å². The van der Waals surface area contributed by atoms with E-state index in [1.165, 1.54) is 4.90 Å². The molecule has 4 atom stereocenters. The Labute approximate surface area is 138 Å². The predicted octanol–water partition coefficient (Wildman–Crippen LogP) is 0.128. The van der Waals surface area contributed by atoms with Crippen molar-refractivity contribution in [2.75, 3.05) is 13.1 Å². The first-order chi connectivity index (χ1) is 11.5. The molecular weight excluding hydrogens is 320 g/mol. The average Bonchev–Trinajstić information content (AvgIpc) is 3.11. The summed E-state index contributed by atoms with van der Waals surface area (Å²) in [4.78, 5) is 41.4. The number of nitrogens with one attached hydrogen (secondary N) is 2. The lowest BCUT2D eigenvalue weighted by atomic mass is 10.0. The van der Waals surface area contributed by atoms with E-state index >= 15 is 0 Å². The Morgan fingerprint density at radius 1 is 1.25 bits per heavy atom. The number of carbonyl (C=O) groups is 3. The van der Waals surface area contributed by atoms with Crippen LogP contribution in [0, 0.1) is 5.92 Å². The molecule has 1 aliphatic carbocycles. The van der Waals surface area contributed by atoms with Gasteiger partial charge in [-0.15, -0.1) is 0 Å². The maximum Gasteiger partial charge on any atom is 0.404 e. The average molecular weight is 342 g/mol. The highest BCUT2D eigenvalue weighted by molar-refractivity contribution is 5.87. The molecule has 3 rings (SSSR count). The van der Waals surface area contributed by atoms with E-state index in [4.69, 9.17) is 9.94 Å². The van der Waals surface area contributed by atoms with Crippen LogP contribution in [0.25, 0.3) is 0 Å². The number of amides is 4. The third kappa shape index (κ3) is 3.39. The molecule has 2 aliphatic heterocycles. The first-order valence-corrected chi connectivity index (χ1v) is 8.16. The van der Waals surface area contributed by atoms with Gasteiger partial charge in [0.05, 0.1) is 12.1 Å². The zero-order valence-corrected chi connectivity index (χ0v) is 13.2. The highest BCUT2D eigenvalue weighted by Crippen LogP contribution is 2.29. The number of nitrogens with zero attached hydrogens (tertiary/aromatic N) is 2. The number of piperidine rings is 1. The van der Waals surface area contributed by atoms with Gasteiger partial charge in [0.2, 0.25) is 0 Å². The van der Waals surface area contributed by atoms with Crippen LogP contribution in [-0.4, -0.2) is 69.6 Å². The van der Waals surface area contributed by atoms with Crippen LogP contribution in [-0.2, 0) is 9.63 Å². The molecule has 10 heteroatoms. The number of fused-ring (bicyclic) bond motifs is 2. The van der Waals surface area contributed by atoms with Gasteiger partial charge in [-0.2, -0.15) is 0 Å². The molecule has 1 saturated carbocycles. The van der Waals surface area contributed by atoms with E-state index in [2.05, 4.69) is 10.8 Å². The van der Waals surface area contributed by atoms with Gasteiger partial charge in [-0.05, 0) is 38.0 Å². The molecule has 3 aliphatic rings. The Balaban J connectivity index is 1.43. The van der Waals surface area contributed by atoms with Crippen molar-refractivity contribution in [1.29, 1.82) is 0 Å². The summed E-state index contributed by atoms with van der Waals surface area (Å²) < 4.78 is 0. The van der Waals surface area contributed by atoms with Gasteiger partial charge >= 0.3 is 12.1 Å². The minimum Gasteiger partial charge on any atom is -0.465 e. The molecule has 4 N–H and O–H groups in total. The fourth-order valence-corrected chi connectivity index (χ4v) is 3.69. The molecular formula is C14H22N4O6. The molecule has 2 bridgehead atoms. The number of hydroxylamine groups is 3. The SMILES string of the molecule is O=C(O)NC[C@H]1CC[C@H](ONC(=O)[C@@H]2CC[C@@H]3CN2C(=O)N3O)C1. The van der Waals surface area contributed by atoms with Crippen molar-refractivity contribution in [3.63, 3.8) is 0 Å². The monoisotopic (exact) mass is 342 g/mol. The molecule has 2 heterocycles. The topological polar surface area (TPSA) is 131 Å². The van der Waals surface area contributed by atoms with Gasteiger partial charge in [-0.25, -0.2) is 20.1 Å². The van der Waals surface area contributed by atoms with Crippen molar-refractivity contribution >= 4 is 18.0 Å². The van der Waals surface area contributed by atoms with Crippen LogP contribution >= 0.6 is 0 Å². The first kappa shape index (κ1) is 16.8. The zero-order valence-electron chi connectivity index (χ0n) is 13.2. The van der Waals surface area contributed by atoms with E-state index in [1.54, 1.807) is 0 Å². The maximum atomic E-state index is 12.3. The number of urea groups is 1. The highest BCUT2D eigenvalue weighted by atomic mass is 16.7. The number of carboxylic acid groups (broad SMARTS) is 1. The van der Waals surface area contributed by atoms with Crippen LogP contribution in [0.1, 0.15) is 32.1 Å². The summed E-state index contributed by atoms with van der Waals surface area (Å²) >= 11 is 0. The van der Waals surface area contributed by atoms with Gasteiger partial charge in [0.15, 0.2) is 0 Å². The van der Waals surface area contributed by atoms with E-state index in [1.807, 2.05) is 0 Å². The van der Waals surface area contributed by atoms with Crippen molar-refractivity contribution < 1.29 is 29.5 Å². The van der Waals surface area contributed by atoms with Crippen molar-refractivity contribution in [3.8, 4) is 0 Å². The van der Waals surface area contributed by atoms with Crippen molar-refractivity contribution in [3.05, 3.63) is 0 Å². The lowest BCUT2D eigenvalue weighted by Crippen LogP contribution is -2.50. The molecule has 0 unspecified atom stereocenters. The second kappa shape index (κ2) is 6.81. The Hall–Kier alpha value is -2.07. The van der Waals surface area contributed by atoms with E-state index < -0.39 is 18.2 Å². The minimum absolute atomic E-state index is 0.158. The molecule has 4 amide bonds. The highest BCUT2D eigenvalue weighted by Gasteiger charge is 2.47. The lowest BCUT2D eigenvalue weighted by molar-refractivity contribution is -0.143. The summed E-state index contributed by atoms with van der Waals surface area (Å²) in [7, 11) is 0. The molecule has 0 aromatic rings. The fourth-order valence-electron chi connectivity index (χ4n) is 3.69. The summed E-state index contributed by atoms with van der Waals surface area (Å²) in [6.07, 6.45) is 2.09. The van der Waals surface area contributed by atoms with Gasteiger partial charge in [0.25, 0.3) is 5.91 Å². The van der Waals surface area contributed by atoms with Gasteiger partial charge in [-0.1, -0.05) is 0 Å². The molecule has 134 valence electrons. The predicted molar refractivity (Wildman–Crippen MR) is 78.9 cm³/mol. The molecule has 10 nitrogen and oxygen atoms in total. The standard InChI is InChI=1S/C14H22N4O6/c19-12(11-4-2-9-7-17(11)14(22)18(9)23)16-24-10-3-1-8(5-10)6-15-13(20)21/h8-11,15,23H,1-7H2,(H,16,19)(H,20,21)/t8-,9+,10-,11-/m0/s1. The summed E-state index contributed by atoms with van der Waals surface area (Å²) in [6.45, 7) is 0.724. The Morgan fingerprint density at radius 3 is 2.79 bits per heavy atom. The third-order valence-corrected chi connectivity index (χ3v) is 5.01. The minimum atomic E-state index is -1.04. The quantitative estimate of drug-likeness (QED) is 0.415. The largest absolute Gasteiger partial charge is 0.465 e. The van der Waals surface area contributed by atoms with Gasteiger partial charge in [0.1, 0.15) is 6.04 Å². The summed E-state index contributed by atoms with van der Waals surface area (Å²) in [6, 6.07) is -1.41. The second-order valence-electron chi connectivity index (χ2n) is 6.60. The molecule has 24 heavy (non-hydrogen) atoms. The smallest absolute Gasteiger partial charge is 0.404 e. The molecule has 0 aromatic carbocycles. The third-order valence-electron chi connectivity index (χ3n) is 5.01. The lowest BCUT2D eigenvalue weighted by Gasteiger charge is -2.29.